The Labute approximate surface area is 329 Å². The minimum Gasteiger partial charge on any atom is -0.344 e. The van der Waals surface area contributed by atoms with Crippen LogP contribution in [0.1, 0.15) is 104 Å². The van der Waals surface area contributed by atoms with Gasteiger partial charge in [-0.1, -0.05) is 82.2 Å². The van der Waals surface area contributed by atoms with Crippen LogP contribution in [0.25, 0.3) is 0 Å². The second-order valence-corrected chi connectivity index (χ2v) is 17.8. The molecule has 2 heterocycles. The standard InChI is InChI=1S/C40H54N2O4S.2O3S/c1-9-26-41-34-24-23-30(2)29-32(34)39(6,7)35(41)20-11-10-12-21-36-40(8,25-16-15-22-37(43)38(3,4)5)31-18-13-14-19-33(31)42(36)27-17-28-47(44,45)46;2*1-4(2)3/h10-14,18-21,23-24,29H,9,15-17,22,25-28H2,1-8H3;;/p+1. The Morgan fingerprint density at radius 1 is 0.891 bits per heavy atom. The number of carbonyl (C=O) groups is 1. The molecule has 0 aliphatic carbocycles. The van der Waals surface area contributed by atoms with E-state index in [9.17, 15) is 17.8 Å². The fourth-order valence-electron chi connectivity index (χ4n) is 7.17. The van der Waals surface area contributed by atoms with Crippen molar-refractivity contribution in [3.8, 4) is 0 Å². The number of para-hydroxylation sites is 1. The van der Waals surface area contributed by atoms with Crippen LogP contribution in [0.3, 0.4) is 0 Å². The zero-order valence-electron chi connectivity index (χ0n) is 33.0. The number of unbranched alkanes of at least 4 members (excludes halogenated alkanes) is 1. The Kier molecular flexibility index (Phi) is 17.3. The summed E-state index contributed by atoms with van der Waals surface area (Å²) in [6.45, 7) is 18.6. The van der Waals surface area contributed by atoms with Gasteiger partial charge < -0.3 is 4.90 Å². The van der Waals surface area contributed by atoms with Crippen molar-refractivity contribution in [2.24, 2.45) is 5.41 Å². The smallest absolute Gasteiger partial charge is 0.344 e. The van der Waals surface area contributed by atoms with Gasteiger partial charge in [0.25, 0.3) is 10.1 Å². The van der Waals surface area contributed by atoms with Crippen LogP contribution < -0.4 is 4.90 Å². The third-order valence-electron chi connectivity index (χ3n) is 9.82. The Balaban J connectivity index is 0.00000119. The van der Waals surface area contributed by atoms with Crippen molar-refractivity contribution >= 4 is 54.2 Å². The number of nitrogens with zero attached hydrogens (tertiary/aromatic N) is 2. The van der Waals surface area contributed by atoms with E-state index < -0.39 is 31.3 Å². The molecule has 0 saturated carbocycles. The number of fused-ring (bicyclic) bond motifs is 2. The summed E-state index contributed by atoms with van der Waals surface area (Å²) >= 11 is 0. The number of anilines is 1. The van der Waals surface area contributed by atoms with Gasteiger partial charge in [-0.2, -0.15) is 13.0 Å². The Hall–Kier alpha value is -4.05. The van der Waals surface area contributed by atoms with Crippen LogP contribution in [0.2, 0.25) is 0 Å². The van der Waals surface area contributed by atoms with Crippen LogP contribution in [0, 0.1) is 12.3 Å². The average Bonchev–Trinajstić information content (AvgIpc) is 3.41. The maximum Gasteiger partial charge on any atom is 0.425 e. The van der Waals surface area contributed by atoms with E-state index in [2.05, 4.69) is 111 Å². The van der Waals surface area contributed by atoms with Crippen molar-refractivity contribution in [1.82, 2.24) is 0 Å². The molecular formula is C40H55N2O10S3+. The van der Waals surface area contributed by atoms with E-state index in [1.165, 1.54) is 28.1 Å². The lowest BCUT2D eigenvalue weighted by Gasteiger charge is -2.30. The molecule has 55 heavy (non-hydrogen) atoms. The molecule has 0 aromatic heterocycles. The third-order valence-corrected chi connectivity index (χ3v) is 10.6. The molecule has 2 aromatic carbocycles. The van der Waals surface area contributed by atoms with Gasteiger partial charge in [0.2, 0.25) is 5.69 Å². The van der Waals surface area contributed by atoms with Crippen LogP contribution in [0.4, 0.5) is 11.4 Å². The van der Waals surface area contributed by atoms with Gasteiger partial charge in [0.05, 0.1) is 11.2 Å². The van der Waals surface area contributed by atoms with Gasteiger partial charge in [-0.3, -0.25) is 9.35 Å². The zero-order valence-corrected chi connectivity index (χ0v) is 35.5. The lowest BCUT2D eigenvalue weighted by atomic mass is 9.76. The van der Waals surface area contributed by atoms with Crippen molar-refractivity contribution in [3.63, 3.8) is 0 Å². The van der Waals surface area contributed by atoms with Crippen LogP contribution in [0.5, 0.6) is 0 Å². The first kappa shape index (κ1) is 47.1. The molecule has 1 atom stereocenters. The van der Waals surface area contributed by atoms with E-state index in [1.54, 1.807) is 0 Å². The first-order chi connectivity index (χ1) is 25.5. The lowest BCUT2D eigenvalue weighted by molar-refractivity contribution is -0.437. The highest BCUT2D eigenvalue weighted by atomic mass is 32.2. The molecule has 0 fully saturated rings. The predicted molar refractivity (Wildman–Crippen MR) is 215 cm³/mol. The van der Waals surface area contributed by atoms with E-state index in [4.69, 9.17) is 25.3 Å². The van der Waals surface area contributed by atoms with Crippen LogP contribution >= 0.6 is 0 Å². The van der Waals surface area contributed by atoms with Gasteiger partial charge in [-0.25, -0.2) is 0 Å². The summed E-state index contributed by atoms with van der Waals surface area (Å²) in [5.74, 6) is -0.000816. The highest BCUT2D eigenvalue weighted by Gasteiger charge is 2.44. The second kappa shape index (κ2) is 20.2. The molecule has 302 valence electrons. The Morgan fingerprint density at radius 3 is 2.09 bits per heavy atom. The predicted octanol–water partition coefficient (Wildman–Crippen LogP) is 7.00. The number of carbonyl (C=O) groups excluding carboxylic acids is 1. The first-order valence-corrected chi connectivity index (χ1v) is 21.8. The quantitative estimate of drug-likeness (QED) is 0.0898. The zero-order chi connectivity index (χ0) is 41.8. The molecule has 1 unspecified atom stereocenters. The van der Waals surface area contributed by atoms with Crippen LogP contribution in [-0.4, -0.2) is 73.1 Å². The van der Waals surface area contributed by atoms with E-state index in [-0.39, 0.29) is 27.8 Å². The Bertz CT molecular complexity index is 2120. The summed E-state index contributed by atoms with van der Waals surface area (Å²) in [6, 6.07) is 15.1. The van der Waals surface area contributed by atoms with Crippen molar-refractivity contribution < 1.29 is 47.6 Å². The molecule has 0 spiro atoms. The van der Waals surface area contributed by atoms with Gasteiger partial charge in [0, 0.05) is 59.3 Å². The molecule has 0 radical (unpaired) electrons. The van der Waals surface area contributed by atoms with Gasteiger partial charge in [-0.15, -0.1) is 25.3 Å². The highest BCUT2D eigenvalue weighted by Crippen LogP contribution is 2.50. The van der Waals surface area contributed by atoms with Crippen molar-refractivity contribution in [3.05, 3.63) is 95.2 Å². The molecule has 15 heteroatoms. The minimum absolute atomic E-state index is 0.108. The number of ketones is 1. The van der Waals surface area contributed by atoms with Gasteiger partial charge in [0.15, 0.2) is 5.71 Å². The number of aryl methyl sites for hydroxylation is 1. The molecule has 0 bridgehead atoms. The van der Waals surface area contributed by atoms with Crippen molar-refractivity contribution in [2.45, 2.75) is 105 Å². The minimum atomic E-state index is -4.06. The number of benzene rings is 2. The van der Waals surface area contributed by atoms with Gasteiger partial charge in [-0.05, 0) is 70.7 Å². The number of hydrogen-bond acceptors (Lipinski definition) is 10. The summed E-state index contributed by atoms with van der Waals surface area (Å²) in [5, 5.41) is 0. The SMILES string of the molecule is CCC[N+]1=C(C=CC=CC=C2N(CCCS(=O)(=O)O)c3ccccc3C2(C)CCCCC(=O)C(C)(C)C)C(C)(C)c2cc(C)ccc21.O=S(=O)=O.O=S(=O)=O. The number of hydrogen-bond donors (Lipinski definition) is 1. The fraction of sp³-hybridized carbons (Fsp3) is 0.500. The van der Waals surface area contributed by atoms with Gasteiger partial charge >= 0.3 is 21.2 Å². The number of Topliss-reactive ketones (excluding diaryl/α,β-unsaturated/α-hetero) is 1. The number of allylic oxidation sites excluding steroid dienone is 6. The Morgan fingerprint density at radius 2 is 1.51 bits per heavy atom. The molecule has 1 N–H and O–H groups in total. The molecule has 0 amide bonds. The first-order valence-electron chi connectivity index (χ1n) is 18.2. The van der Waals surface area contributed by atoms with Gasteiger partial charge in [0.1, 0.15) is 12.3 Å². The normalized spacial score (nSPS) is 18.1. The third kappa shape index (κ3) is 13.6. The fourth-order valence-corrected chi connectivity index (χ4v) is 7.67. The largest absolute Gasteiger partial charge is 0.425 e. The second-order valence-electron chi connectivity index (χ2n) is 15.4. The van der Waals surface area contributed by atoms with Crippen molar-refractivity contribution in [2.75, 3.05) is 23.7 Å². The van der Waals surface area contributed by atoms with E-state index in [1.807, 2.05) is 26.8 Å². The molecule has 4 rings (SSSR count). The van der Waals surface area contributed by atoms with E-state index in [0.29, 0.717) is 19.4 Å². The molecule has 2 aliphatic heterocycles. The summed E-state index contributed by atoms with van der Waals surface area (Å²) in [4.78, 5) is 14.8. The summed E-state index contributed by atoms with van der Waals surface area (Å²) < 4.78 is 85.7. The topological polar surface area (TPSA) is 180 Å². The molecule has 2 aliphatic rings. The lowest BCUT2D eigenvalue weighted by Crippen LogP contribution is -2.30. The maximum absolute atomic E-state index is 12.6. The van der Waals surface area contributed by atoms with E-state index >= 15 is 0 Å². The molecule has 2 aromatic rings. The summed E-state index contributed by atoms with van der Waals surface area (Å²) in [7, 11) is -10.3. The summed E-state index contributed by atoms with van der Waals surface area (Å²) in [6.07, 6.45) is 15.2. The summed E-state index contributed by atoms with van der Waals surface area (Å²) in [5.41, 5.74) is 7.82. The number of rotatable bonds is 14. The van der Waals surface area contributed by atoms with Crippen LogP contribution in [0.15, 0.2) is 78.5 Å². The van der Waals surface area contributed by atoms with Crippen LogP contribution in [-0.2, 0) is 47.0 Å². The maximum atomic E-state index is 12.6. The average molecular weight is 820 g/mol. The molecular weight excluding hydrogens is 765 g/mol. The molecule has 12 nitrogen and oxygen atoms in total. The monoisotopic (exact) mass is 819 g/mol. The highest BCUT2D eigenvalue weighted by molar-refractivity contribution is 7.85. The van der Waals surface area contributed by atoms with Crippen molar-refractivity contribution in [1.29, 1.82) is 0 Å². The molecule has 0 saturated heterocycles. The van der Waals surface area contributed by atoms with E-state index in [0.717, 1.165) is 43.6 Å².